The highest BCUT2D eigenvalue weighted by molar-refractivity contribution is 6.32. The van der Waals surface area contributed by atoms with Gasteiger partial charge in [0.2, 0.25) is 0 Å². The van der Waals surface area contributed by atoms with E-state index in [1.165, 1.54) is 0 Å². The smallest absolute Gasteiger partial charge is 0.255 e. The number of ketones is 1. The van der Waals surface area contributed by atoms with Crippen molar-refractivity contribution in [3.63, 3.8) is 0 Å². The van der Waals surface area contributed by atoms with Crippen LogP contribution in [-0.4, -0.2) is 18.3 Å². The molecule has 0 atom stereocenters. The first-order valence-electron chi connectivity index (χ1n) is 4.76. The van der Waals surface area contributed by atoms with Crippen LogP contribution in [0.2, 0.25) is 5.02 Å². The maximum absolute atomic E-state index is 13.4. The van der Waals surface area contributed by atoms with E-state index in [2.05, 4.69) is 0 Å². The first-order chi connectivity index (χ1) is 8.45. The maximum Gasteiger partial charge on any atom is 0.255 e. The molecule has 0 unspecified atom stereocenters. The molecule has 0 radical (unpaired) electrons. The topological polar surface area (TPSA) is 93.2 Å². The predicted octanol–water partition coefficient (Wildman–Crippen LogP) is 1.44. The van der Waals surface area contributed by atoms with Gasteiger partial charge >= 0.3 is 0 Å². The van der Waals surface area contributed by atoms with E-state index in [0.717, 1.165) is 12.1 Å². The van der Waals surface area contributed by atoms with Gasteiger partial charge in [-0.2, -0.15) is 5.26 Å². The molecule has 0 bridgehead atoms. The molecule has 1 rings (SSSR count). The lowest BCUT2D eigenvalue weighted by atomic mass is 10.1. The molecule has 0 spiro atoms. The Bertz CT molecular complexity index is 540. The van der Waals surface area contributed by atoms with Gasteiger partial charge in [-0.15, -0.1) is 0 Å². The fourth-order valence-electron chi connectivity index (χ4n) is 1.17. The zero-order valence-electron chi connectivity index (χ0n) is 9.07. The highest BCUT2D eigenvalue weighted by atomic mass is 35.5. The maximum atomic E-state index is 13.4. The summed E-state index contributed by atoms with van der Waals surface area (Å²) < 4.78 is 18.4. The van der Waals surface area contributed by atoms with Crippen molar-refractivity contribution in [1.29, 1.82) is 5.26 Å². The Balaban J connectivity index is 3.06. The largest absolute Gasteiger partial charge is 0.482 e. The average molecular weight is 271 g/mol. The molecule has 0 aliphatic carbocycles. The third kappa shape index (κ3) is 3.43. The monoisotopic (exact) mass is 270 g/mol. The lowest BCUT2D eigenvalue weighted by Gasteiger charge is -2.08. The van der Waals surface area contributed by atoms with Gasteiger partial charge in [-0.05, 0) is 12.1 Å². The van der Waals surface area contributed by atoms with E-state index in [-0.39, 0.29) is 16.3 Å². The fraction of sp³-hybridized carbons (Fsp3) is 0.182. The van der Waals surface area contributed by atoms with Crippen LogP contribution in [-0.2, 0) is 4.79 Å². The van der Waals surface area contributed by atoms with Gasteiger partial charge in [0.05, 0.1) is 23.1 Å². The molecule has 0 saturated carbocycles. The van der Waals surface area contributed by atoms with Crippen molar-refractivity contribution in [3.05, 3.63) is 28.5 Å². The molecule has 94 valence electrons. The summed E-state index contributed by atoms with van der Waals surface area (Å²) in [6.07, 6.45) is -0.464. The Morgan fingerprint density at radius 2 is 2.17 bits per heavy atom. The number of nitrogens with zero attached hydrogens (tertiary/aromatic N) is 1. The van der Waals surface area contributed by atoms with Gasteiger partial charge in [0.15, 0.2) is 12.4 Å². The zero-order valence-corrected chi connectivity index (χ0v) is 9.83. The van der Waals surface area contributed by atoms with Gasteiger partial charge in [0, 0.05) is 0 Å². The summed E-state index contributed by atoms with van der Waals surface area (Å²) in [5.74, 6) is -2.33. The van der Waals surface area contributed by atoms with Crippen molar-refractivity contribution < 1.29 is 18.7 Å². The number of nitrogens with two attached hydrogens (primary N) is 1. The van der Waals surface area contributed by atoms with Crippen molar-refractivity contribution in [2.45, 2.75) is 6.42 Å². The molecular formula is C11H8ClFN2O3. The van der Waals surface area contributed by atoms with E-state index >= 15 is 0 Å². The number of Topliss-reactive ketones (excluding diaryl/α,β-unsaturated/α-hetero) is 1. The number of carbonyl (C=O) groups excluding carboxylic acids is 2. The van der Waals surface area contributed by atoms with Crippen LogP contribution in [0, 0.1) is 17.1 Å². The summed E-state index contributed by atoms with van der Waals surface area (Å²) in [6.45, 7) is -0.447. The molecule has 0 aromatic heterocycles. The minimum atomic E-state index is -0.855. The van der Waals surface area contributed by atoms with Crippen molar-refractivity contribution >= 4 is 23.3 Å². The lowest BCUT2D eigenvalue weighted by molar-refractivity contribution is -0.119. The number of hydrogen-bond acceptors (Lipinski definition) is 4. The quantitative estimate of drug-likeness (QED) is 0.819. The van der Waals surface area contributed by atoms with Crippen molar-refractivity contribution in [2.24, 2.45) is 5.73 Å². The summed E-state index contributed by atoms with van der Waals surface area (Å²) in [6, 6.07) is 3.53. The van der Waals surface area contributed by atoms with Gasteiger partial charge in [-0.3, -0.25) is 9.59 Å². The van der Waals surface area contributed by atoms with E-state index in [4.69, 9.17) is 27.3 Å². The van der Waals surface area contributed by atoms with Crippen LogP contribution in [0.25, 0.3) is 0 Å². The average Bonchev–Trinajstić information content (AvgIpc) is 2.27. The second-order valence-corrected chi connectivity index (χ2v) is 3.68. The third-order valence-electron chi connectivity index (χ3n) is 1.93. The van der Waals surface area contributed by atoms with Crippen LogP contribution in [0.4, 0.5) is 4.39 Å². The van der Waals surface area contributed by atoms with Crippen LogP contribution in [0.5, 0.6) is 5.75 Å². The summed E-state index contributed by atoms with van der Waals surface area (Å²) in [7, 11) is 0. The molecule has 1 aromatic carbocycles. The lowest BCUT2D eigenvalue weighted by Crippen LogP contribution is -2.20. The Kier molecular flexibility index (Phi) is 4.63. The normalized spacial score (nSPS) is 9.61. The SMILES string of the molecule is N#CCC(=O)c1cc(OCC(N)=O)c(Cl)cc1F. The molecule has 1 aromatic rings. The Labute approximate surface area is 107 Å². The third-order valence-corrected chi connectivity index (χ3v) is 2.23. The number of carbonyl (C=O) groups is 2. The first-order valence-corrected chi connectivity index (χ1v) is 5.13. The number of benzene rings is 1. The minimum absolute atomic E-state index is 0.0434. The van der Waals surface area contributed by atoms with Crippen molar-refractivity contribution in [2.75, 3.05) is 6.61 Å². The number of ether oxygens (including phenoxy) is 1. The predicted molar refractivity (Wildman–Crippen MR) is 60.7 cm³/mol. The zero-order chi connectivity index (χ0) is 13.7. The van der Waals surface area contributed by atoms with E-state index in [1.54, 1.807) is 6.07 Å². The standard InChI is InChI=1S/C11H8ClFN2O3/c12-7-4-8(13)6(9(16)1-2-14)3-10(7)18-5-11(15)17/h3-4H,1,5H2,(H2,15,17). The van der Waals surface area contributed by atoms with Gasteiger partial charge in [-0.1, -0.05) is 11.6 Å². The van der Waals surface area contributed by atoms with Crippen LogP contribution < -0.4 is 10.5 Å². The van der Waals surface area contributed by atoms with Crippen molar-refractivity contribution in [1.82, 2.24) is 0 Å². The first kappa shape index (κ1) is 13.9. The number of halogens is 2. The van der Waals surface area contributed by atoms with Crippen LogP contribution in [0.1, 0.15) is 16.8 Å². The van der Waals surface area contributed by atoms with Crippen LogP contribution in [0.3, 0.4) is 0 Å². The van der Waals surface area contributed by atoms with E-state index < -0.39 is 30.5 Å². The molecule has 0 fully saturated rings. The molecule has 5 nitrogen and oxygen atoms in total. The number of primary amides is 1. The van der Waals surface area contributed by atoms with E-state index in [0.29, 0.717) is 0 Å². The molecular weight excluding hydrogens is 263 g/mol. The summed E-state index contributed by atoms with van der Waals surface area (Å²) in [4.78, 5) is 22.0. The highest BCUT2D eigenvalue weighted by Crippen LogP contribution is 2.28. The molecule has 7 heteroatoms. The second-order valence-electron chi connectivity index (χ2n) is 3.28. The van der Waals surface area contributed by atoms with Crippen LogP contribution in [0.15, 0.2) is 12.1 Å². The van der Waals surface area contributed by atoms with Crippen molar-refractivity contribution in [3.8, 4) is 11.8 Å². The van der Waals surface area contributed by atoms with Gasteiger partial charge in [0.25, 0.3) is 5.91 Å². The van der Waals surface area contributed by atoms with Gasteiger partial charge in [0.1, 0.15) is 11.6 Å². The van der Waals surface area contributed by atoms with Gasteiger partial charge < -0.3 is 10.5 Å². The van der Waals surface area contributed by atoms with E-state index in [9.17, 15) is 14.0 Å². The Morgan fingerprint density at radius 3 is 2.72 bits per heavy atom. The highest BCUT2D eigenvalue weighted by Gasteiger charge is 2.16. The molecule has 0 aliphatic heterocycles. The summed E-state index contributed by atoms with van der Waals surface area (Å²) >= 11 is 5.67. The fourth-order valence-corrected chi connectivity index (χ4v) is 1.37. The second kappa shape index (κ2) is 5.98. The molecule has 18 heavy (non-hydrogen) atoms. The molecule has 0 heterocycles. The van der Waals surface area contributed by atoms with Crippen LogP contribution >= 0.6 is 11.6 Å². The summed E-state index contributed by atoms with van der Waals surface area (Å²) in [5.41, 5.74) is 4.56. The van der Waals surface area contributed by atoms with Gasteiger partial charge in [-0.25, -0.2) is 4.39 Å². The number of rotatable bonds is 5. The summed E-state index contributed by atoms with van der Waals surface area (Å²) in [5, 5.41) is 8.28. The molecule has 0 aliphatic rings. The Morgan fingerprint density at radius 1 is 1.50 bits per heavy atom. The number of hydrogen-bond donors (Lipinski definition) is 1. The molecule has 1 amide bonds. The molecule has 0 saturated heterocycles. The molecule has 2 N–H and O–H groups in total. The number of amides is 1. The van der Waals surface area contributed by atoms with E-state index in [1.807, 2.05) is 0 Å². The Hall–Kier alpha value is -2.13. The number of nitriles is 1. The minimum Gasteiger partial charge on any atom is -0.482 e.